The van der Waals surface area contributed by atoms with Crippen molar-refractivity contribution in [3.63, 3.8) is 0 Å². The van der Waals surface area contributed by atoms with Crippen LogP contribution in [0.25, 0.3) is 0 Å². The lowest BCUT2D eigenvalue weighted by Crippen LogP contribution is -2.41. The van der Waals surface area contributed by atoms with Crippen LogP contribution >= 0.6 is 24.0 Å². The van der Waals surface area contributed by atoms with Gasteiger partial charge in [-0.2, -0.15) is 0 Å². The molecule has 0 radical (unpaired) electrons. The van der Waals surface area contributed by atoms with Crippen LogP contribution in [0.15, 0.2) is 4.99 Å². The first kappa shape index (κ1) is 21.0. The maximum absolute atomic E-state index is 5.49. The first-order valence-corrected chi connectivity index (χ1v) is 8.90. The Labute approximate surface area is 158 Å². The molecule has 2 aliphatic rings. The van der Waals surface area contributed by atoms with Crippen molar-refractivity contribution in [1.82, 2.24) is 10.2 Å². The highest BCUT2D eigenvalue weighted by atomic mass is 127. The van der Waals surface area contributed by atoms with Gasteiger partial charge < -0.3 is 19.7 Å². The van der Waals surface area contributed by atoms with E-state index in [0.717, 1.165) is 38.6 Å². The minimum Gasteiger partial charge on any atom is -0.382 e. The summed E-state index contributed by atoms with van der Waals surface area (Å²) in [7, 11) is 1.70. The van der Waals surface area contributed by atoms with E-state index in [0.29, 0.717) is 18.6 Å². The number of likely N-dealkylation sites (tertiary alicyclic amines) is 1. The average molecular weight is 439 g/mol. The van der Waals surface area contributed by atoms with Crippen LogP contribution in [0, 0.1) is 5.41 Å². The Kier molecular flexibility index (Phi) is 10.5. The zero-order chi connectivity index (χ0) is 15.7. The third-order valence-electron chi connectivity index (χ3n) is 4.88. The van der Waals surface area contributed by atoms with Gasteiger partial charge in [0.2, 0.25) is 0 Å². The summed E-state index contributed by atoms with van der Waals surface area (Å²) >= 11 is 0. The molecule has 5 nitrogen and oxygen atoms in total. The van der Waals surface area contributed by atoms with Crippen LogP contribution in [0.3, 0.4) is 0 Å². The second-order valence-corrected chi connectivity index (χ2v) is 6.57. The van der Waals surface area contributed by atoms with Crippen LogP contribution in [0.5, 0.6) is 0 Å². The molecule has 0 amide bonds. The number of ether oxygens (including phenoxy) is 2. The summed E-state index contributed by atoms with van der Waals surface area (Å²) in [4.78, 5) is 7.26. The Morgan fingerprint density at radius 1 is 1.17 bits per heavy atom. The summed E-state index contributed by atoms with van der Waals surface area (Å²) in [6.45, 7) is 8.38. The number of nitrogens with one attached hydrogen (secondary N) is 1. The molecule has 1 aliphatic heterocycles. The number of nitrogens with zero attached hydrogens (tertiary/aromatic N) is 2. The fourth-order valence-electron chi connectivity index (χ4n) is 3.67. The number of aliphatic imine (C=N–C) groups is 1. The standard InChI is InChI=1S/C17H33N3O2.HI/c1-3-18-16(19-10-6-12-22-14-13-21-2)20-11-9-17(15-20)7-4-5-8-17;/h3-15H2,1-2H3,(H,18,19);1H. The summed E-state index contributed by atoms with van der Waals surface area (Å²) in [6, 6.07) is 0. The first-order valence-electron chi connectivity index (χ1n) is 8.90. The van der Waals surface area contributed by atoms with Crippen molar-refractivity contribution in [3.05, 3.63) is 0 Å². The van der Waals surface area contributed by atoms with Gasteiger partial charge in [0.15, 0.2) is 5.96 Å². The molecule has 1 saturated carbocycles. The lowest BCUT2D eigenvalue weighted by Gasteiger charge is -2.26. The zero-order valence-corrected chi connectivity index (χ0v) is 17.1. The molecular formula is C17H34IN3O2. The molecule has 0 aromatic carbocycles. The third-order valence-corrected chi connectivity index (χ3v) is 4.88. The maximum atomic E-state index is 5.49. The SMILES string of the molecule is CCNC(=NCCCOCCOC)N1CCC2(CCCC2)C1.I. The second kappa shape index (κ2) is 11.5. The van der Waals surface area contributed by atoms with E-state index in [1.807, 2.05) is 0 Å². The molecule has 0 atom stereocenters. The van der Waals surface area contributed by atoms with Gasteiger partial charge in [-0.3, -0.25) is 4.99 Å². The number of rotatable bonds is 8. The van der Waals surface area contributed by atoms with E-state index < -0.39 is 0 Å². The van der Waals surface area contributed by atoms with E-state index >= 15 is 0 Å². The Morgan fingerprint density at radius 2 is 1.96 bits per heavy atom. The molecule has 23 heavy (non-hydrogen) atoms. The predicted octanol–water partition coefficient (Wildman–Crippen LogP) is 2.89. The molecule has 1 heterocycles. The van der Waals surface area contributed by atoms with Crippen molar-refractivity contribution < 1.29 is 9.47 Å². The number of halogens is 1. The van der Waals surface area contributed by atoms with Crippen LogP contribution in [-0.2, 0) is 9.47 Å². The van der Waals surface area contributed by atoms with Gasteiger partial charge in [-0.25, -0.2) is 0 Å². The Morgan fingerprint density at radius 3 is 2.65 bits per heavy atom. The van der Waals surface area contributed by atoms with Gasteiger partial charge in [-0.15, -0.1) is 24.0 Å². The number of methoxy groups -OCH3 is 1. The van der Waals surface area contributed by atoms with Crippen LogP contribution in [0.2, 0.25) is 0 Å². The Bertz CT molecular complexity index is 347. The lowest BCUT2D eigenvalue weighted by molar-refractivity contribution is 0.0702. The Balaban J connectivity index is 0.00000264. The average Bonchev–Trinajstić information content (AvgIpc) is 3.16. The van der Waals surface area contributed by atoms with Crippen LogP contribution in [-0.4, -0.2) is 64.0 Å². The van der Waals surface area contributed by atoms with Gasteiger partial charge in [-0.05, 0) is 38.0 Å². The smallest absolute Gasteiger partial charge is 0.193 e. The van der Waals surface area contributed by atoms with Gasteiger partial charge in [0.1, 0.15) is 0 Å². The molecule has 0 aromatic heterocycles. The summed E-state index contributed by atoms with van der Waals surface area (Å²) in [5.74, 6) is 1.10. The van der Waals surface area contributed by atoms with Gasteiger partial charge in [0.05, 0.1) is 13.2 Å². The minimum absolute atomic E-state index is 0. The van der Waals surface area contributed by atoms with Crippen molar-refractivity contribution in [2.24, 2.45) is 10.4 Å². The molecule has 1 spiro atoms. The fraction of sp³-hybridized carbons (Fsp3) is 0.941. The van der Waals surface area contributed by atoms with Crippen molar-refractivity contribution in [2.45, 2.75) is 45.4 Å². The molecular weight excluding hydrogens is 405 g/mol. The number of hydrogen-bond acceptors (Lipinski definition) is 3. The van der Waals surface area contributed by atoms with E-state index in [9.17, 15) is 0 Å². The van der Waals surface area contributed by atoms with Crippen LogP contribution < -0.4 is 5.32 Å². The summed E-state index contributed by atoms with van der Waals surface area (Å²) in [5.41, 5.74) is 0.597. The molecule has 2 rings (SSSR count). The van der Waals surface area contributed by atoms with E-state index in [-0.39, 0.29) is 24.0 Å². The van der Waals surface area contributed by atoms with Crippen molar-refractivity contribution >= 4 is 29.9 Å². The molecule has 2 fully saturated rings. The molecule has 1 aliphatic carbocycles. The van der Waals surface area contributed by atoms with Crippen LogP contribution in [0.1, 0.15) is 45.4 Å². The van der Waals surface area contributed by atoms with Crippen molar-refractivity contribution in [2.75, 3.05) is 53.1 Å². The summed E-state index contributed by atoms with van der Waals surface area (Å²) in [5, 5.41) is 3.46. The van der Waals surface area contributed by atoms with Gasteiger partial charge >= 0.3 is 0 Å². The highest BCUT2D eigenvalue weighted by Crippen LogP contribution is 2.45. The van der Waals surface area contributed by atoms with E-state index in [1.165, 1.54) is 38.6 Å². The largest absolute Gasteiger partial charge is 0.382 e. The normalized spacial score (nSPS) is 20.1. The zero-order valence-electron chi connectivity index (χ0n) is 14.8. The second-order valence-electron chi connectivity index (χ2n) is 6.57. The molecule has 0 unspecified atom stereocenters. The maximum Gasteiger partial charge on any atom is 0.193 e. The first-order chi connectivity index (χ1) is 10.8. The predicted molar refractivity (Wildman–Crippen MR) is 106 cm³/mol. The molecule has 0 bridgehead atoms. The molecule has 6 heteroatoms. The van der Waals surface area contributed by atoms with Crippen molar-refractivity contribution in [3.8, 4) is 0 Å². The van der Waals surface area contributed by atoms with E-state index in [1.54, 1.807) is 7.11 Å². The number of hydrogen-bond donors (Lipinski definition) is 1. The highest BCUT2D eigenvalue weighted by Gasteiger charge is 2.40. The lowest BCUT2D eigenvalue weighted by atomic mass is 9.86. The molecule has 136 valence electrons. The minimum atomic E-state index is 0. The topological polar surface area (TPSA) is 46.1 Å². The third kappa shape index (κ3) is 6.74. The van der Waals surface area contributed by atoms with Gasteiger partial charge in [-0.1, -0.05) is 12.8 Å². The molecule has 1 saturated heterocycles. The highest BCUT2D eigenvalue weighted by molar-refractivity contribution is 14.0. The van der Waals surface area contributed by atoms with Crippen LogP contribution in [0.4, 0.5) is 0 Å². The molecule has 1 N–H and O–H groups in total. The van der Waals surface area contributed by atoms with Gasteiger partial charge in [0, 0.05) is 39.9 Å². The van der Waals surface area contributed by atoms with E-state index in [4.69, 9.17) is 14.5 Å². The van der Waals surface area contributed by atoms with Crippen molar-refractivity contribution in [1.29, 1.82) is 0 Å². The summed E-state index contributed by atoms with van der Waals surface area (Å²) in [6.07, 6.45) is 7.97. The van der Waals surface area contributed by atoms with Gasteiger partial charge in [0.25, 0.3) is 0 Å². The summed E-state index contributed by atoms with van der Waals surface area (Å²) < 4.78 is 10.5. The quantitative estimate of drug-likeness (QED) is 0.274. The molecule has 0 aromatic rings. The number of guanidine groups is 1. The van der Waals surface area contributed by atoms with E-state index in [2.05, 4.69) is 17.1 Å². The Hall–Kier alpha value is -0.0800. The monoisotopic (exact) mass is 439 g/mol. The fourth-order valence-corrected chi connectivity index (χ4v) is 3.67.